The van der Waals surface area contributed by atoms with Crippen molar-refractivity contribution in [2.75, 3.05) is 7.11 Å². The zero-order valence-electron chi connectivity index (χ0n) is 9.88. The van der Waals surface area contributed by atoms with Crippen molar-refractivity contribution in [3.63, 3.8) is 0 Å². The van der Waals surface area contributed by atoms with Crippen LogP contribution in [-0.2, 0) is 9.53 Å². The summed E-state index contributed by atoms with van der Waals surface area (Å²) in [7, 11) is 1.26. The molecule has 0 fully saturated rings. The van der Waals surface area contributed by atoms with Gasteiger partial charge >= 0.3 is 5.97 Å². The molecule has 0 radical (unpaired) electrons. The van der Waals surface area contributed by atoms with Gasteiger partial charge in [0, 0.05) is 24.1 Å². The van der Waals surface area contributed by atoms with E-state index in [0.717, 1.165) is 6.07 Å². The third kappa shape index (κ3) is 3.73. The van der Waals surface area contributed by atoms with Crippen molar-refractivity contribution in [3.8, 4) is 0 Å². The number of hydrogen-bond acceptors (Lipinski definition) is 3. The molecule has 6 heteroatoms. The summed E-state index contributed by atoms with van der Waals surface area (Å²) in [5.74, 6) is -3.68. The molecule has 0 amide bonds. The lowest BCUT2D eigenvalue weighted by Crippen LogP contribution is -2.14. The second-order valence-electron chi connectivity index (χ2n) is 3.86. The number of benzene rings is 1. The van der Waals surface area contributed by atoms with Crippen LogP contribution in [-0.4, -0.2) is 13.1 Å². The minimum Gasteiger partial charge on any atom is -0.469 e. The molecular weight excluding hydrogens is 247 g/mol. The van der Waals surface area contributed by atoms with Gasteiger partial charge in [-0.05, 0) is 18.9 Å². The lowest BCUT2D eigenvalue weighted by molar-refractivity contribution is -0.140. The fourth-order valence-electron chi connectivity index (χ4n) is 1.55. The van der Waals surface area contributed by atoms with E-state index in [4.69, 9.17) is 5.73 Å². The zero-order valence-corrected chi connectivity index (χ0v) is 9.88. The summed E-state index contributed by atoms with van der Waals surface area (Å²) >= 11 is 0. The number of esters is 1. The summed E-state index contributed by atoms with van der Waals surface area (Å²) in [6.07, 6.45) is 0.804. The van der Waals surface area contributed by atoms with E-state index < -0.39 is 29.5 Å². The van der Waals surface area contributed by atoms with Gasteiger partial charge in [-0.15, -0.1) is 0 Å². The maximum Gasteiger partial charge on any atom is 0.305 e. The molecule has 0 saturated heterocycles. The molecule has 1 rings (SSSR count). The monoisotopic (exact) mass is 261 g/mol. The molecular formula is C12H14F3NO2. The molecule has 0 heterocycles. The van der Waals surface area contributed by atoms with Crippen molar-refractivity contribution in [1.29, 1.82) is 0 Å². The minimum absolute atomic E-state index is 0.0984. The van der Waals surface area contributed by atoms with Gasteiger partial charge < -0.3 is 10.5 Å². The highest BCUT2D eigenvalue weighted by atomic mass is 19.2. The summed E-state index contributed by atoms with van der Waals surface area (Å²) in [5, 5.41) is 0. The van der Waals surface area contributed by atoms with E-state index in [1.165, 1.54) is 7.11 Å². The number of methoxy groups -OCH3 is 1. The van der Waals surface area contributed by atoms with Gasteiger partial charge in [0.2, 0.25) is 0 Å². The van der Waals surface area contributed by atoms with E-state index in [-0.39, 0.29) is 18.4 Å². The van der Waals surface area contributed by atoms with Gasteiger partial charge in [0.25, 0.3) is 0 Å². The lowest BCUT2D eigenvalue weighted by atomic mass is 10.0. The first-order valence-corrected chi connectivity index (χ1v) is 5.42. The molecule has 3 nitrogen and oxygen atoms in total. The molecule has 18 heavy (non-hydrogen) atoms. The van der Waals surface area contributed by atoms with Crippen molar-refractivity contribution in [3.05, 3.63) is 35.1 Å². The van der Waals surface area contributed by atoms with Gasteiger partial charge in [0.05, 0.1) is 7.11 Å². The van der Waals surface area contributed by atoms with Gasteiger partial charge in [-0.3, -0.25) is 4.79 Å². The van der Waals surface area contributed by atoms with Crippen LogP contribution in [0.3, 0.4) is 0 Å². The molecule has 2 N–H and O–H groups in total. The van der Waals surface area contributed by atoms with E-state index in [9.17, 15) is 18.0 Å². The highest BCUT2D eigenvalue weighted by Crippen LogP contribution is 2.22. The maximum atomic E-state index is 13.4. The molecule has 0 aliphatic heterocycles. The van der Waals surface area contributed by atoms with Crippen LogP contribution in [0.5, 0.6) is 0 Å². The van der Waals surface area contributed by atoms with E-state index in [1.807, 2.05) is 0 Å². The third-order valence-corrected chi connectivity index (χ3v) is 2.56. The highest BCUT2D eigenvalue weighted by Gasteiger charge is 2.16. The number of halogens is 3. The van der Waals surface area contributed by atoms with Crippen LogP contribution in [0, 0.1) is 17.5 Å². The molecule has 0 saturated carbocycles. The van der Waals surface area contributed by atoms with E-state index >= 15 is 0 Å². The Morgan fingerprint density at radius 1 is 1.28 bits per heavy atom. The van der Waals surface area contributed by atoms with Crippen molar-refractivity contribution in [2.45, 2.75) is 25.3 Å². The van der Waals surface area contributed by atoms with Crippen LogP contribution >= 0.6 is 0 Å². The Hall–Kier alpha value is -1.56. The van der Waals surface area contributed by atoms with Gasteiger partial charge in [-0.25, -0.2) is 13.2 Å². The molecule has 1 aromatic rings. The highest BCUT2D eigenvalue weighted by molar-refractivity contribution is 5.68. The normalized spacial score (nSPS) is 12.3. The summed E-state index contributed by atoms with van der Waals surface area (Å²) in [5.41, 5.74) is 5.56. The van der Waals surface area contributed by atoms with Crippen molar-refractivity contribution >= 4 is 5.97 Å². The number of nitrogens with two attached hydrogens (primary N) is 1. The van der Waals surface area contributed by atoms with Gasteiger partial charge in [-0.2, -0.15) is 0 Å². The maximum absolute atomic E-state index is 13.4. The van der Waals surface area contributed by atoms with Gasteiger partial charge in [0.15, 0.2) is 11.6 Å². The summed E-state index contributed by atoms with van der Waals surface area (Å²) in [6.45, 7) is 0. The lowest BCUT2D eigenvalue weighted by Gasteiger charge is -2.13. The number of hydrogen-bond donors (Lipinski definition) is 1. The number of ether oxygens (including phenoxy) is 1. The summed E-state index contributed by atoms with van der Waals surface area (Å²) < 4.78 is 43.5. The molecule has 0 aliphatic rings. The molecule has 1 aromatic carbocycles. The molecule has 1 atom stereocenters. The van der Waals surface area contributed by atoms with E-state index in [0.29, 0.717) is 12.5 Å². The fourth-order valence-corrected chi connectivity index (χ4v) is 1.55. The first-order chi connectivity index (χ1) is 8.45. The number of rotatable bonds is 5. The largest absolute Gasteiger partial charge is 0.469 e. The number of carbonyl (C=O) groups excluding carboxylic acids is 1. The van der Waals surface area contributed by atoms with Crippen molar-refractivity contribution in [2.24, 2.45) is 5.73 Å². The Labute approximate surface area is 103 Å². The van der Waals surface area contributed by atoms with E-state index in [1.54, 1.807) is 0 Å². The van der Waals surface area contributed by atoms with E-state index in [2.05, 4.69) is 4.74 Å². The predicted octanol–water partition coefficient (Wildman–Crippen LogP) is 2.45. The third-order valence-electron chi connectivity index (χ3n) is 2.56. The molecule has 0 aromatic heterocycles. The Bertz CT molecular complexity index is 438. The SMILES string of the molecule is COC(=O)CCCC(N)c1cc(F)c(F)cc1F. The molecule has 0 bridgehead atoms. The second-order valence-corrected chi connectivity index (χ2v) is 3.86. The molecule has 100 valence electrons. The van der Waals surface area contributed by atoms with Crippen molar-refractivity contribution < 1.29 is 22.7 Å². The van der Waals surface area contributed by atoms with Crippen LogP contribution in [0.2, 0.25) is 0 Å². The van der Waals surface area contributed by atoms with Gasteiger partial charge in [0.1, 0.15) is 5.82 Å². The smallest absolute Gasteiger partial charge is 0.305 e. The topological polar surface area (TPSA) is 52.3 Å². The van der Waals surface area contributed by atoms with Crippen LogP contribution < -0.4 is 5.73 Å². The summed E-state index contributed by atoms with van der Waals surface area (Å²) in [4.78, 5) is 10.8. The van der Waals surface area contributed by atoms with Crippen LogP contribution in [0.1, 0.15) is 30.9 Å². The molecule has 1 unspecified atom stereocenters. The number of carbonyl (C=O) groups is 1. The second kappa shape index (κ2) is 6.39. The average molecular weight is 261 g/mol. The minimum atomic E-state index is -1.25. The van der Waals surface area contributed by atoms with Crippen LogP contribution in [0.15, 0.2) is 12.1 Å². The average Bonchev–Trinajstić information content (AvgIpc) is 2.33. The van der Waals surface area contributed by atoms with Crippen molar-refractivity contribution in [1.82, 2.24) is 0 Å². The Morgan fingerprint density at radius 3 is 2.50 bits per heavy atom. The fraction of sp³-hybridized carbons (Fsp3) is 0.417. The zero-order chi connectivity index (χ0) is 13.7. The molecule has 0 aliphatic carbocycles. The predicted molar refractivity (Wildman–Crippen MR) is 59.1 cm³/mol. The standard InChI is InChI=1S/C12H14F3NO2/c1-18-12(17)4-2-3-11(16)7-5-9(14)10(15)6-8(7)13/h5-6,11H,2-4,16H2,1H3. The molecule has 0 spiro atoms. The Kier molecular flexibility index (Phi) is 5.15. The quantitative estimate of drug-likeness (QED) is 0.654. The van der Waals surface area contributed by atoms with Crippen LogP contribution in [0.4, 0.5) is 13.2 Å². The Balaban J connectivity index is 2.64. The first-order valence-electron chi connectivity index (χ1n) is 5.42. The van der Waals surface area contributed by atoms with Crippen LogP contribution in [0.25, 0.3) is 0 Å². The van der Waals surface area contributed by atoms with Gasteiger partial charge in [-0.1, -0.05) is 0 Å². The Morgan fingerprint density at radius 2 is 1.89 bits per heavy atom. The summed E-state index contributed by atoms with van der Waals surface area (Å²) in [6, 6.07) is 0.419. The first kappa shape index (κ1) is 14.5.